The maximum atomic E-state index is 12.1. The predicted molar refractivity (Wildman–Crippen MR) is 77.7 cm³/mol. The molecule has 0 fully saturated rings. The van der Waals surface area contributed by atoms with Crippen molar-refractivity contribution in [2.24, 2.45) is 7.05 Å². The Kier molecular flexibility index (Phi) is 4.27. The molecule has 0 bridgehead atoms. The van der Waals surface area contributed by atoms with Gasteiger partial charge in [-0.3, -0.25) is 9.48 Å². The van der Waals surface area contributed by atoms with Crippen LogP contribution in [0.4, 0.5) is 0 Å². The van der Waals surface area contributed by atoms with Gasteiger partial charge in [0, 0.05) is 19.2 Å². The Bertz CT molecular complexity index is 626. The number of rotatable bonds is 4. The second-order valence-electron chi connectivity index (χ2n) is 4.68. The van der Waals surface area contributed by atoms with Gasteiger partial charge in [-0.15, -0.1) is 0 Å². The lowest BCUT2D eigenvalue weighted by atomic mass is 10.1. The van der Waals surface area contributed by atoms with Crippen molar-refractivity contribution >= 4 is 21.8 Å². The van der Waals surface area contributed by atoms with Crippen LogP contribution in [0.5, 0.6) is 0 Å². The van der Waals surface area contributed by atoms with Crippen LogP contribution in [0.15, 0.2) is 9.00 Å². The minimum atomic E-state index is -0.188. The van der Waals surface area contributed by atoms with Crippen LogP contribution in [0.25, 0.3) is 0 Å². The number of carbonyl (C=O) groups is 1. The van der Waals surface area contributed by atoms with E-state index in [2.05, 4.69) is 31.5 Å². The molecule has 1 N–H and O–H groups in total. The number of halogens is 1. The van der Waals surface area contributed by atoms with Crippen molar-refractivity contribution in [3.63, 3.8) is 0 Å². The molecular formula is C13H17BrN4O2. The molecule has 0 aromatic carbocycles. The molecule has 0 radical (unpaired) electrons. The Morgan fingerprint density at radius 1 is 1.40 bits per heavy atom. The highest BCUT2D eigenvalue weighted by atomic mass is 79.9. The van der Waals surface area contributed by atoms with Crippen LogP contribution in [-0.4, -0.2) is 27.4 Å². The van der Waals surface area contributed by atoms with E-state index < -0.39 is 0 Å². The smallest absolute Gasteiger partial charge is 0.272 e. The van der Waals surface area contributed by atoms with Gasteiger partial charge in [0.05, 0.1) is 15.9 Å². The first-order valence-electron chi connectivity index (χ1n) is 6.30. The molecule has 2 aromatic heterocycles. The summed E-state index contributed by atoms with van der Waals surface area (Å²) in [6, 6.07) is 0. The minimum Gasteiger partial charge on any atom is -0.361 e. The van der Waals surface area contributed by atoms with E-state index in [-0.39, 0.29) is 5.91 Å². The quantitative estimate of drug-likeness (QED) is 0.924. The number of aryl methyl sites for hydroxylation is 3. The Morgan fingerprint density at radius 2 is 2.10 bits per heavy atom. The van der Waals surface area contributed by atoms with E-state index in [0.717, 1.165) is 27.2 Å². The van der Waals surface area contributed by atoms with Gasteiger partial charge in [0.15, 0.2) is 5.69 Å². The Hall–Kier alpha value is -1.63. The highest BCUT2D eigenvalue weighted by Gasteiger charge is 2.17. The molecule has 108 valence electrons. The normalized spacial score (nSPS) is 10.8. The van der Waals surface area contributed by atoms with E-state index in [4.69, 9.17) is 4.52 Å². The molecule has 0 aliphatic rings. The molecule has 0 aliphatic heterocycles. The molecule has 2 rings (SSSR count). The molecule has 0 saturated heterocycles. The Labute approximate surface area is 125 Å². The van der Waals surface area contributed by atoms with Gasteiger partial charge in [-0.25, -0.2) is 0 Å². The highest BCUT2D eigenvalue weighted by molar-refractivity contribution is 9.10. The maximum absolute atomic E-state index is 12.1. The molecule has 0 atom stereocenters. The summed E-state index contributed by atoms with van der Waals surface area (Å²) in [6.45, 7) is 6.18. The highest BCUT2D eigenvalue weighted by Crippen LogP contribution is 2.19. The van der Waals surface area contributed by atoms with E-state index in [1.807, 2.05) is 20.8 Å². The zero-order valence-electron chi connectivity index (χ0n) is 12.0. The van der Waals surface area contributed by atoms with Crippen molar-refractivity contribution in [1.29, 1.82) is 0 Å². The number of nitrogens with one attached hydrogen (secondary N) is 1. The number of nitrogens with zero attached hydrogens (tertiary/aromatic N) is 3. The molecular weight excluding hydrogens is 324 g/mol. The molecule has 7 heteroatoms. The summed E-state index contributed by atoms with van der Waals surface area (Å²) < 4.78 is 7.49. The van der Waals surface area contributed by atoms with Gasteiger partial charge < -0.3 is 9.84 Å². The van der Waals surface area contributed by atoms with E-state index in [9.17, 15) is 4.79 Å². The van der Waals surface area contributed by atoms with Crippen LogP contribution < -0.4 is 5.32 Å². The van der Waals surface area contributed by atoms with Crippen LogP contribution in [0.2, 0.25) is 0 Å². The zero-order chi connectivity index (χ0) is 14.9. The van der Waals surface area contributed by atoms with Crippen LogP contribution in [-0.2, 0) is 13.5 Å². The minimum absolute atomic E-state index is 0.188. The summed E-state index contributed by atoms with van der Waals surface area (Å²) in [7, 11) is 1.81. The van der Waals surface area contributed by atoms with Gasteiger partial charge >= 0.3 is 0 Å². The lowest BCUT2D eigenvalue weighted by molar-refractivity contribution is 0.0947. The van der Waals surface area contributed by atoms with Crippen LogP contribution in [0.1, 0.15) is 33.2 Å². The van der Waals surface area contributed by atoms with Crippen molar-refractivity contribution in [1.82, 2.24) is 20.3 Å². The van der Waals surface area contributed by atoms with Gasteiger partial charge in [0.1, 0.15) is 5.76 Å². The molecule has 20 heavy (non-hydrogen) atoms. The maximum Gasteiger partial charge on any atom is 0.272 e. The third-order valence-corrected chi connectivity index (χ3v) is 4.27. The van der Waals surface area contributed by atoms with Crippen molar-refractivity contribution in [2.45, 2.75) is 27.2 Å². The van der Waals surface area contributed by atoms with E-state index in [1.165, 1.54) is 0 Å². The fourth-order valence-corrected chi connectivity index (χ4v) is 2.49. The van der Waals surface area contributed by atoms with Crippen LogP contribution in [0, 0.1) is 20.8 Å². The van der Waals surface area contributed by atoms with Crippen molar-refractivity contribution in [3.8, 4) is 0 Å². The first-order chi connectivity index (χ1) is 9.41. The van der Waals surface area contributed by atoms with E-state index >= 15 is 0 Å². The summed E-state index contributed by atoms with van der Waals surface area (Å²) in [6.07, 6.45) is 0.691. The van der Waals surface area contributed by atoms with Gasteiger partial charge in [-0.05, 0) is 43.1 Å². The molecule has 0 saturated carbocycles. The van der Waals surface area contributed by atoms with Gasteiger partial charge in [-0.2, -0.15) is 5.10 Å². The SMILES string of the molecule is Cc1noc(C)c1CCNC(=O)c1nn(C)c(C)c1Br. The van der Waals surface area contributed by atoms with Crippen LogP contribution >= 0.6 is 15.9 Å². The summed E-state index contributed by atoms with van der Waals surface area (Å²) in [4.78, 5) is 12.1. The third-order valence-electron chi connectivity index (χ3n) is 3.32. The molecule has 2 heterocycles. The first-order valence-corrected chi connectivity index (χ1v) is 7.10. The number of carbonyl (C=O) groups excluding carboxylic acids is 1. The molecule has 1 amide bonds. The third kappa shape index (κ3) is 2.77. The predicted octanol–water partition coefficient (Wildman–Crippen LogP) is 2.07. The van der Waals surface area contributed by atoms with Crippen LogP contribution in [0.3, 0.4) is 0 Å². The first kappa shape index (κ1) is 14.8. The van der Waals surface area contributed by atoms with Crippen molar-refractivity contribution in [2.75, 3.05) is 6.54 Å². The molecule has 0 aliphatic carbocycles. The fourth-order valence-electron chi connectivity index (χ4n) is 1.97. The number of aromatic nitrogens is 3. The topological polar surface area (TPSA) is 73.0 Å². The standard InChI is InChI=1S/C13H17BrN4O2/c1-7-10(9(3)20-17-7)5-6-15-13(19)12-11(14)8(2)18(4)16-12/h5-6H2,1-4H3,(H,15,19). The summed E-state index contributed by atoms with van der Waals surface area (Å²) in [5.74, 6) is 0.610. The number of hydrogen-bond acceptors (Lipinski definition) is 4. The largest absolute Gasteiger partial charge is 0.361 e. The zero-order valence-corrected chi connectivity index (χ0v) is 13.5. The van der Waals surface area contributed by atoms with Gasteiger partial charge in [0.2, 0.25) is 0 Å². The van der Waals surface area contributed by atoms with Crippen molar-refractivity contribution in [3.05, 3.63) is 32.9 Å². The second kappa shape index (κ2) is 5.78. The molecule has 2 aromatic rings. The number of hydrogen-bond donors (Lipinski definition) is 1. The molecule has 0 unspecified atom stereocenters. The van der Waals surface area contributed by atoms with Gasteiger partial charge in [0.25, 0.3) is 5.91 Å². The lowest BCUT2D eigenvalue weighted by Gasteiger charge is -2.03. The lowest BCUT2D eigenvalue weighted by Crippen LogP contribution is -2.26. The monoisotopic (exact) mass is 340 g/mol. The summed E-state index contributed by atoms with van der Waals surface area (Å²) in [5.41, 5.74) is 3.23. The molecule has 6 nitrogen and oxygen atoms in total. The summed E-state index contributed by atoms with van der Waals surface area (Å²) >= 11 is 3.39. The fraction of sp³-hybridized carbons (Fsp3) is 0.462. The second-order valence-corrected chi connectivity index (χ2v) is 5.47. The number of amides is 1. The van der Waals surface area contributed by atoms with Gasteiger partial charge in [-0.1, -0.05) is 5.16 Å². The Balaban J connectivity index is 1.98. The molecule has 0 spiro atoms. The Morgan fingerprint density at radius 3 is 2.60 bits per heavy atom. The van der Waals surface area contributed by atoms with Crippen molar-refractivity contribution < 1.29 is 9.32 Å². The average molecular weight is 341 g/mol. The average Bonchev–Trinajstić information content (AvgIpc) is 2.86. The summed E-state index contributed by atoms with van der Waals surface area (Å²) in [5, 5.41) is 10.9. The van der Waals surface area contributed by atoms with E-state index in [1.54, 1.807) is 11.7 Å². The van der Waals surface area contributed by atoms with E-state index in [0.29, 0.717) is 18.7 Å².